The van der Waals surface area contributed by atoms with Crippen molar-refractivity contribution < 1.29 is 43.0 Å². The second kappa shape index (κ2) is 18.3. The average molecular weight is 638 g/mol. The second-order valence-electron chi connectivity index (χ2n) is 12.4. The predicted molar refractivity (Wildman–Crippen MR) is 163 cm³/mol. The van der Waals surface area contributed by atoms with E-state index in [2.05, 4.69) is 16.0 Å². The third-order valence-corrected chi connectivity index (χ3v) is 7.82. The monoisotopic (exact) mass is 637 g/mol. The molecule has 0 aliphatic carbocycles. The third-order valence-electron chi connectivity index (χ3n) is 7.82. The number of amides is 5. The van der Waals surface area contributed by atoms with E-state index in [1.54, 1.807) is 27.7 Å². The van der Waals surface area contributed by atoms with Crippen LogP contribution in [0.2, 0.25) is 0 Å². The van der Waals surface area contributed by atoms with Gasteiger partial charge in [-0.2, -0.15) is 0 Å². The van der Waals surface area contributed by atoms with Gasteiger partial charge in [0.05, 0.1) is 31.7 Å². The van der Waals surface area contributed by atoms with Gasteiger partial charge in [0.2, 0.25) is 23.5 Å². The Hall–Kier alpha value is -3.71. The molecular weight excluding hydrogens is 586 g/mol. The molecule has 0 bridgehead atoms. The Bertz CT molecular complexity index is 1080. The molecule has 14 nitrogen and oxygen atoms in total. The minimum absolute atomic E-state index is 0.122. The number of piperidine rings is 1. The number of rotatable bonds is 15. The lowest BCUT2D eigenvalue weighted by molar-refractivity contribution is -0.151. The maximum absolute atomic E-state index is 13.5. The Labute approximate surface area is 265 Å². The van der Waals surface area contributed by atoms with Crippen molar-refractivity contribution in [2.45, 2.75) is 98.2 Å². The van der Waals surface area contributed by atoms with Crippen LogP contribution in [-0.2, 0) is 38.2 Å². The summed E-state index contributed by atoms with van der Waals surface area (Å²) in [4.78, 5) is 92.7. The Morgan fingerprint density at radius 1 is 0.889 bits per heavy atom. The number of nitrogens with one attached hydrogen (secondary N) is 3. The molecule has 0 aromatic rings. The molecule has 0 spiro atoms. The number of hydrogen-bond acceptors (Lipinski definition) is 9. The van der Waals surface area contributed by atoms with Crippen LogP contribution in [-0.4, -0.2) is 109 Å². The standard InChI is InChI=1S/C31H51N5O9/c1-7-11-22(26(38)28(40)32-16-24(37)35-14-9-12-21(17-35)30(42)44-8-2)33-27(39)23-13-10-15-36(23)29(41)25(20(5)6)34-31(43)45-18-19(3)4/h19-23,25H,7-18H2,1-6H3,(H,32,40)(H,33,39)(H,34,43). The quantitative estimate of drug-likeness (QED) is 0.175. The fraction of sp³-hybridized carbons (Fsp3) is 0.774. The van der Waals surface area contributed by atoms with Crippen LogP contribution in [0.1, 0.15) is 80.1 Å². The van der Waals surface area contributed by atoms with Gasteiger partial charge < -0.3 is 35.2 Å². The number of likely N-dealkylation sites (tertiary alicyclic amines) is 2. The maximum Gasteiger partial charge on any atom is 0.407 e. The fourth-order valence-corrected chi connectivity index (χ4v) is 5.40. The van der Waals surface area contributed by atoms with Crippen molar-refractivity contribution >= 4 is 41.5 Å². The maximum atomic E-state index is 13.5. The van der Waals surface area contributed by atoms with Crippen LogP contribution in [0.4, 0.5) is 4.79 Å². The normalized spacial score (nSPS) is 19.5. The van der Waals surface area contributed by atoms with Gasteiger partial charge >= 0.3 is 12.1 Å². The van der Waals surface area contributed by atoms with Gasteiger partial charge in [0, 0.05) is 19.6 Å². The molecule has 254 valence electrons. The molecule has 3 N–H and O–H groups in total. The molecule has 14 heteroatoms. The van der Waals surface area contributed by atoms with E-state index in [0.717, 1.165) is 0 Å². The van der Waals surface area contributed by atoms with Crippen LogP contribution in [0, 0.1) is 17.8 Å². The van der Waals surface area contributed by atoms with Gasteiger partial charge in [0.25, 0.3) is 5.91 Å². The summed E-state index contributed by atoms with van der Waals surface area (Å²) < 4.78 is 10.2. The molecule has 45 heavy (non-hydrogen) atoms. The molecule has 4 unspecified atom stereocenters. The molecule has 2 fully saturated rings. The summed E-state index contributed by atoms with van der Waals surface area (Å²) in [5, 5.41) is 7.62. The van der Waals surface area contributed by atoms with E-state index in [4.69, 9.17) is 9.47 Å². The number of nitrogens with zero attached hydrogens (tertiary/aromatic N) is 2. The highest BCUT2D eigenvalue weighted by Crippen LogP contribution is 2.21. The van der Waals surface area contributed by atoms with Gasteiger partial charge in [0.1, 0.15) is 12.1 Å². The smallest absolute Gasteiger partial charge is 0.407 e. The largest absolute Gasteiger partial charge is 0.466 e. The number of ketones is 1. The van der Waals surface area contributed by atoms with Gasteiger partial charge in [-0.15, -0.1) is 0 Å². The Balaban J connectivity index is 1.99. The summed E-state index contributed by atoms with van der Waals surface area (Å²) in [6, 6.07) is -2.94. The van der Waals surface area contributed by atoms with Crippen molar-refractivity contribution in [2.24, 2.45) is 17.8 Å². The summed E-state index contributed by atoms with van der Waals surface area (Å²) in [5.41, 5.74) is 0. The van der Waals surface area contributed by atoms with E-state index in [1.165, 1.54) is 9.80 Å². The van der Waals surface area contributed by atoms with E-state index < -0.39 is 66.1 Å². The van der Waals surface area contributed by atoms with Gasteiger partial charge in [-0.3, -0.25) is 28.8 Å². The molecule has 2 heterocycles. The highest BCUT2D eigenvalue weighted by Gasteiger charge is 2.40. The first kappa shape index (κ1) is 37.5. The summed E-state index contributed by atoms with van der Waals surface area (Å²) in [5.74, 6) is -4.29. The summed E-state index contributed by atoms with van der Waals surface area (Å²) in [7, 11) is 0. The minimum atomic E-state index is -1.15. The Kier molecular flexibility index (Phi) is 15.2. The topological polar surface area (TPSA) is 181 Å². The molecule has 2 aliphatic heterocycles. The van der Waals surface area contributed by atoms with Crippen LogP contribution in [0.3, 0.4) is 0 Å². The van der Waals surface area contributed by atoms with Crippen molar-refractivity contribution in [1.82, 2.24) is 25.8 Å². The van der Waals surface area contributed by atoms with Gasteiger partial charge in [0.15, 0.2) is 0 Å². The van der Waals surface area contributed by atoms with Crippen molar-refractivity contribution in [3.8, 4) is 0 Å². The first-order chi connectivity index (χ1) is 21.3. The Morgan fingerprint density at radius 3 is 2.20 bits per heavy atom. The SMILES string of the molecule is CCCC(NC(=O)C1CCCN1C(=O)C(NC(=O)OCC(C)C)C(C)C)C(=O)C(=O)NCC(=O)N1CCCC(C(=O)OCC)C1. The molecule has 0 radical (unpaired) electrons. The minimum Gasteiger partial charge on any atom is -0.466 e. The number of hydrogen-bond donors (Lipinski definition) is 3. The lowest BCUT2D eigenvalue weighted by Crippen LogP contribution is -2.57. The predicted octanol–water partition coefficient (Wildman–Crippen LogP) is 1.16. The third kappa shape index (κ3) is 11.3. The zero-order valence-corrected chi connectivity index (χ0v) is 27.5. The average Bonchev–Trinajstić information content (AvgIpc) is 3.50. The highest BCUT2D eigenvalue weighted by molar-refractivity contribution is 6.38. The first-order valence-electron chi connectivity index (χ1n) is 16.1. The zero-order chi connectivity index (χ0) is 33.7. The number of ether oxygens (including phenoxy) is 2. The van der Waals surface area contributed by atoms with Crippen LogP contribution in [0.25, 0.3) is 0 Å². The molecule has 0 saturated carbocycles. The van der Waals surface area contributed by atoms with Gasteiger partial charge in [-0.1, -0.05) is 41.0 Å². The van der Waals surface area contributed by atoms with Crippen molar-refractivity contribution in [1.29, 1.82) is 0 Å². The van der Waals surface area contributed by atoms with Crippen LogP contribution in [0.5, 0.6) is 0 Å². The van der Waals surface area contributed by atoms with Crippen molar-refractivity contribution in [3.63, 3.8) is 0 Å². The molecule has 0 aromatic heterocycles. The first-order valence-corrected chi connectivity index (χ1v) is 16.1. The Morgan fingerprint density at radius 2 is 1.58 bits per heavy atom. The molecular formula is C31H51N5O9. The van der Waals surface area contributed by atoms with Crippen LogP contribution < -0.4 is 16.0 Å². The fourth-order valence-electron chi connectivity index (χ4n) is 5.40. The number of Topliss-reactive ketones (excluding diaryl/α,β-unsaturated/α-hetero) is 1. The van der Waals surface area contributed by atoms with Crippen LogP contribution >= 0.6 is 0 Å². The van der Waals surface area contributed by atoms with Gasteiger partial charge in [-0.05, 0) is 50.9 Å². The lowest BCUT2D eigenvalue weighted by Gasteiger charge is -2.31. The molecule has 4 atom stereocenters. The van der Waals surface area contributed by atoms with Gasteiger partial charge in [-0.25, -0.2) is 4.79 Å². The second-order valence-corrected chi connectivity index (χ2v) is 12.4. The summed E-state index contributed by atoms with van der Waals surface area (Å²) in [6.07, 6.45) is 2.08. The molecule has 2 aliphatic rings. The molecule has 2 rings (SSSR count). The number of esters is 1. The van der Waals surface area contributed by atoms with Crippen LogP contribution in [0.15, 0.2) is 0 Å². The number of carbonyl (C=O) groups excluding carboxylic acids is 7. The van der Waals surface area contributed by atoms with E-state index in [-0.39, 0.29) is 44.0 Å². The molecule has 2 saturated heterocycles. The number of carbonyl (C=O) groups is 7. The van der Waals surface area contributed by atoms with Crippen molar-refractivity contribution in [2.75, 3.05) is 39.4 Å². The summed E-state index contributed by atoms with van der Waals surface area (Å²) >= 11 is 0. The van der Waals surface area contributed by atoms with E-state index >= 15 is 0 Å². The highest BCUT2D eigenvalue weighted by atomic mass is 16.5. The number of alkyl carbamates (subject to hydrolysis) is 1. The van der Waals surface area contributed by atoms with E-state index in [9.17, 15) is 33.6 Å². The summed E-state index contributed by atoms with van der Waals surface area (Å²) in [6.45, 7) is 11.8. The van der Waals surface area contributed by atoms with E-state index in [0.29, 0.717) is 45.2 Å². The van der Waals surface area contributed by atoms with Crippen molar-refractivity contribution in [3.05, 3.63) is 0 Å². The molecule has 0 aromatic carbocycles. The molecule has 5 amide bonds. The zero-order valence-electron chi connectivity index (χ0n) is 27.5. The van der Waals surface area contributed by atoms with E-state index in [1.807, 2.05) is 13.8 Å². The lowest BCUT2D eigenvalue weighted by atomic mass is 9.98.